The molecular weight excluding hydrogens is 130 g/mol. The molecule has 54 valence electrons. The third-order valence-corrected chi connectivity index (χ3v) is 1.23. The van der Waals surface area contributed by atoms with Gasteiger partial charge in [-0.25, -0.2) is 0 Å². The number of carbonyl (C=O) groups excluding carboxylic acids is 1. The summed E-state index contributed by atoms with van der Waals surface area (Å²) in [6.45, 7) is 1.84. The standard InChI is InChI=1S/C6H9N3O/c1-5-6(7-4-10)3-9(2)8-5/h3-4H,1-2H3,(H,7,10). The Morgan fingerprint density at radius 1 is 1.80 bits per heavy atom. The molecule has 1 amide bonds. The minimum atomic E-state index is 0.643. The third-order valence-electron chi connectivity index (χ3n) is 1.23. The monoisotopic (exact) mass is 139 g/mol. The van der Waals surface area contributed by atoms with Crippen LogP contribution in [0.4, 0.5) is 5.69 Å². The molecule has 0 unspecified atom stereocenters. The average molecular weight is 139 g/mol. The maximum absolute atomic E-state index is 9.99. The lowest BCUT2D eigenvalue weighted by Crippen LogP contribution is -1.92. The number of anilines is 1. The quantitative estimate of drug-likeness (QED) is 0.599. The minimum Gasteiger partial charge on any atom is -0.326 e. The second-order valence-electron chi connectivity index (χ2n) is 2.06. The zero-order valence-electron chi connectivity index (χ0n) is 5.96. The van der Waals surface area contributed by atoms with E-state index in [2.05, 4.69) is 10.4 Å². The highest BCUT2D eigenvalue weighted by atomic mass is 16.1. The fraction of sp³-hybridized carbons (Fsp3) is 0.333. The SMILES string of the molecule is Cc1nn(C)cc1NC=O. The lowest BCUT2D eigenvalue weighted by Gasteiger charge is -1.89. The van der Waals surface area contributed by atoms with Gasteiger partial charge in [0.2, 0.25) is 6.41 Å². The molecule has 0 radical (unpaired) electrons. The number of carbonyl (C=O) groups is 1. The molecule has 1 rings (SSSR count). The molecule has 0 aliphatic carbocycles. The van der Waals surface area contributed by atoms with Gasteiger partial charge in [0.25, 0.3) is 0 Å². The van der Waals surface area contributed by atoms with Gasteiger partial charge in [-0.05, 0) is 6.92 Å². The molecule has 1 N–H and O–H groups in total. The van der Waals surface area contributed by atoms with Gasteiger partial charge < -0.3 is 5.32 Å². The first-order valence-electron chi connectivity index (χ1n) is 2.94. The van der Waals surface area contributed by atoms with Crippen molar-refractivity contribution in [1.82, 2.24) is 9.78 Å². The molecule has 1 aromatic heterocycles. The molecule has 0 spiro atoms. The molecule has 0 aromatic carbocycles. The average Bonchev–Trinajstić information content (AvgIpc) is 2.13. The van der Waals surface area contributed by atoms with Crippen molar-refractivity contribution in [1.29, 1.82) is 0 Å². The van der Waals surface area contributed by atoms with Crippen LogP contribution in [0.15, 0.2) is 6.20 Å². The number of hydrogen-bond acceptors (Lipinski definition) is 2. The summed E-state index contributed by atoms with van der Waals surface area (Å²) in [5.74, 6) is 0. The van der Waals surface area contributed by atoms with E-state index in [1.165, 1.54) is 0 Å². The second-order valence-corrected chi connectivity index (χ2v) is 2.06. The molecule has 0 aliphatic heterocycles. The van der Waals surface area contributed by atoms with Gasteiger partial charge in [0.1, 0.15) is 0 Å². The molecule has 0 fully saturated rings. The smallest absolute Gasteiger partial charge is 0.211 e. The van der Waals surface area contributed by atoms with Crippen LogP contribution in [0.3, 0.4) is 0 Å². The van der Waals surface area contributed by atoms with Crippen LogP contribution in [0, 0.1) is 6.92 Å². The van der Waals surface area contributed by atoms with Crippen LogP contribution in [0.1, 0.15) is 5.69 Å². The van der Waals surface area contributed by atoms with E-state index in [4.69, 9.17) is 0 Å². The zero-order valence-corrected chi connectivity index (χ0v) is 5.96. The molecule has 1 aromatic rings. The Morgan fingerprint density at radius 3 is 2.90 bits per heavy atom. The van der Waals surface area contributed by atoms with E-state index in [9.17, 15) is 4.79 Å². The number of hydrogen-bond donors (Lipinski definition) is 1. The summed E-state index contributed by atoms with van der Waals surface area (Å²) in [6.07, 6.45) is 2.40. The van der Waals surface area contributed by atoms with Crippen molar-refractivity contribution >= 4 is 12.1 Å². The van der Waals surface area contributed by atoms with E-state index in [0.29, 0.717) is 6.41 Å². The first kappa shape index (κ1) is 6.80. The van der Waals surface area contributed by atoms with Gasteiger partial charge in [-0.15, -0.1) is 0 Å². The van der Waals surface area contributed by atoms with Crippen molar-refractivity contribution in [2.75, 3.05) is 5.32 Å². The summed E-state index contributed by atoms with van der Waals surface area (Å²) >= 11 is 0. The van der Waals surface area contributed by atoms with Gasteiger partial charge in [-0.1, -0.05) is 0 Å². The van der Waals surface area contributed by atoms with Gasteiger partial charge in [0.15, 0.2) is 0 Å². The van der Waals surface area contributed by atoms with Gasteiger partial charge in [0, 0.05) is 13.2 Å². The lowest BCUT2D eigenvalue weighted by atomic mass is 10.4. The summed E-state index contributed by atoms with van der Waals surface area (Å²) in [6, 6.07) is 0. The van der Waals surface area contributed by atoms with Gasteiger partial charge >= 0.3 is 0 Å². The van der Waals surface area contributed by atoms with Gasteiger partial charge in [0.05, 0.1) is 11.4 Å². The molecule has 0 bridgehead atoms. The summed E-state index contributed by atoms with van der Waals surface area (Å²) < 4.78 is 1.65. The first-order chi connectivity index (χ1) is 4.74. The zero-order chi connectivity index (χ0) is 7.56. The molecule has 10 heavy (non-hydrogen) atoms. The van der Waals surface area contributed by atoms with Crippen LogP contribution >= 0.6 is 0 Å². The summed E-state index contributed by atoms with van der Waals surface area (Å²) in [7, 11) is 1.81. The Morgan fingerprint density at radius 2 is 2.50 bits per heavy atom. The molecule has 1 heterocycles. The Hall–Kier alpha value is -1.32. The van der Waals surface area contributed by atoms with Crippen molar-refractivity contribution in [2.45, 2.75) is 6.92 Å². The topological polar surface area (TPSA) is 46.9 Å². The van der Waals surface area contributed by atoms with Crippen molar-refractivity contribution in [3.05, 3.63) is 11.9 Å². The van der Waals surface area contributed by atoms with E-state index in [-0.39, 0.29) is 0 Å². The highest BCUT2D eigenvalue weighted by molar-refractivity contribution is 5.71. The number of aryl methyl sites for hydroxylation is 2. The van der Waals surface area contributed by atoms with Crippen molar-refractivity contribution in [3.8, 4) is 0 Å². The van der Waals surface area contributed by atoms with E-state index >= 15 is 0 Å². The van der Waals surface area contributed by atoms with Crippen LogP contribution in [-0.4, -0.2) is 16.2 Å². The van der Waals surface area contributed by atoms with Crippen LogP contribution < -0.4 is 5.32 Å². The Bertz CT molecular complexity index is 241. The predicted octanol–water partition coefficient (Wildman–Crippen LogP) is 0.297. The number of nitrogens with one attached hydrogen (secondary N) is 1. The Kier molecular flexibility index (Phi) is 1.71. The number of aromatic nitrogens is 2. The van der Waals surface area contributed by atoms with Gasteiger partial charge in [-0.2, -0.15) is 5.10 Å². The molecule has 4 nitrogen and oxygen atoms in total. The largest absolute Gasteiger partial charge is 0.326 e. The normalized spacial score (nSPS) is 9.40. The Balaban J connectivity index is 2.91. The molecule has 0 saturated heterocycles. The maximum atomic E-state index is 9.99. The number of rotatable bonds is 2. The van der Waals surface area contributed by atoms with E-state index < -0.39 is 0 Å². The summed E-state index contributed by atoms with van der Waals surface area (Å²) in [5.41, 5.74) is 1.59. The second kappa shape index (κ2) is 2.51. The van der Waals surface area contributed by atoms with Crippen LogP contribution in [0.25, 0.3) is 0 Å². The summed E-state index contributed by atoms with van der Waals surface area (Å²) in [5, 5.41) is 6.56. The third kappa shape index (κ3) is 1.15. The van der Waals surface area contributed by atoms with Crippen LogP contribution in [0.2, 0.25) is 0 Å². The predicted molar refractivity (Wildman–Crippen MR) is 37.6 cm³/mol. The van der Waals surface area contributed by atoms with Crippen molar-refractivity contribution in [2.24, 2.45) is 7.05 Å². The Labute approximate surface area is 58.8 Å². The fourth-order valence-corrected chi connectivity index (χ4v) is 0.805. The molecule has 0 aliphatic rings. The van der Waals surface area contributed by atoms with Crippen molar-refractivity contribution < 1.29 is 4.79 Å². The van der Waals surface area contributed by atoms with Crippen LogP contribution in [-0.2, 0) is 11.8 Å². The molecule has 0 atom stereocenters. The highest BCUT2D eigenvalue weighted by Gasteiger charge is 1.98. The van der Waals surface area contributed by atoms with E-state index in [1.54, 1.807) is 10.9 Å². The van der Waals surface area contributed by atoms with E-state index in [0.717, 1.165) is 11.4 Å². The van der Waals surface area contributed by atoms with Gasteiger partial charge in [-0.3, -0.25) is 9.48 Å². The number of amides is 1. The summed E-state index contributed by atoms with van der Waals surface area (Å²) in [4.78, 5) is 9.99. The fourth-order valence-electron chi connectivity index (χ4n) is 0.805. The number of nitrogens with zero attached hydrogens (tertiary/aromatic N) is 2. The van der Waals surface area contributed by atoms with Crippen molar-refractivity contribution in [3.63, 3.8) is 0 Å². The molecular formula is C6H9N3O. The lowest BCUT2D eigenvalue weighted by molar-refractivity contribution is -0.105. The first-order valence-corrected chi connectivity index (χ1v) is 2.94. The highest BCUT2D eigenvalue weighted by Crippen LogP contribution is 2.08. The molecule has 0 saturated carbocycles. The van der Waals surface area contributed by atoms with E-state index in [1.807, 2.05) is 14.0 Å². The minimum absolute atomic E-state index is 0.643. The maximum Gasteiger partial charge on any atom is 0.211 e. The van der Waals surface area contributed by atoms with Crippen LogP contribution in [0.5, 0.6) is 0 Å². The molecule has 4 heteroatoms.